The van der Waals surface area contributed by atoms with Gasteiger partial charge in [-0.1, -0.05) is 32.0 Å². The number of hydrogen-bond acceptors (Lipinski definition) is 3. The zero-order valence-corrected chi connectivity index (χ0v) is 16.7. The molecule has 5 nitrogen and oxygen atoms in total. The summed E-state index contributed by atoms with van der Waals surface area (Å²) in [7, 11) is 0. The maximum Gasteiger partial charge on any atom is 0.271 e. The van der Waals surface area contributed by atoms with Gasteiger partial charge in [-0.05, 0) is 50.1 Å². The second kappa shape index (κ2) is 9.22. The van der Waals surface area contributed by atoms with Crippen LogP contribution in [0.4, 0.5) is 0 Å². The standard InChI is InChI=1S/C23H27N3O2/c1-4-14-26-17(3)21(20-8-6-7-9-22(20)26)16-24-25-23(27)18-10-12-19(13-11-18)28-15-5-2/h6-13,16H,4-5,14-15H2,1-3H3,(H,25,27)/b24-16-. The molecule has 0 aliphatic heterocycles. The minimum atomic E-state index is -0.242. The molecule has 0 radical (unpaired) electrons. The molecule has 146 valence electrons. The lowest BCUT2D eigenvalue weighted by Gasteiger charge is -2.06. The number of nitrogens with one attached hydrogen (secondary N) is 1. The van der Waals surface area contributed by atoms with Crippen molar-refractivity contribution in [1.29, 1.82) is 0 Å². The van der Waals surface area contributed by atoms with Gasteiger partial charge in [0, 0.05) is 34.3 Å². The van der Waals surface area contributed by atoms with Crippen molar-refractivity contribution in [3.05, 3.63) is 65.4 Å². The van der Waals surface area contributed by atoms with Crippen molar-refractivity contribution in [2.45, 2.75) is 40.2 Å². The molecule has 0 atom stereocenters. The summed E-state index contributed by atoms with van der Waals surface area (Å²) >= 11 is 0. The van der Waals surface area contributed by atoms with E-state index in [0.717, 1.165) is 41.8 Å². The van der Waals surface area contributed by atoms with Gasteiger partial charge < -0.3 is 9.30 Å². The first-order valence-electron chi connectivity index (χ1n) is 9.79. The number of hydrogen-bond donors (Lipinski definition) is 1. The summed E-state index contributed by atoms with van der Waals surface area (Å²) in [5, 5.41) is 5.35. The molecule has 0 saturated carbocycles. The second-order valence-corrected chi connectivity index (χ2v) is 6.74. The SMILES string of the molecule is CCCOc1ccc(C(=O)N/N=C\c2c(C)n(CCC)c3ccccc23)cc1. The molecule has 2 aromatic carbocycles. The summed E-state index contributed by atoms with van der Waals surface area (Å²) in [5.74, 6) is 0.523. The molecule has 0 aliphatic rings. The first-order valence-corrected chi connectivity index (χ1v) is 9.79. The largest absolute Gasteiger partial charge is 0.494 e. The van der Waals surface area contributed by atoms with Crippen LogP contribution in [0.25, 0.3) is 10.9 Å². The van der Waals surface area contributed by atoms with Crippen LogP contribution >= 0.6 is 0 Å². The van der Waals surface area contributed by atoms with E-state index in [0.29, 0.717) is 12.2 Å². The van der Waals surface area contributed by atoms with E-state index in [9.17, 15) is 4.79 Å². The van der Waals surface area contributed by atoms with E-state index in [1.165, 1.54) is 5.52 Å². The van der Waals surface area contributed by atoms with Gasteiger partial charge in [-0.15, -0.1) is 0 Å². The monoisotopic (exact) mass is 377 g/mol. The smallest absolute Gasteiger partial charge is 0.271 e. The second-order valence-electron chi connectivity index (χ2n) is 6.74. The first kappa shape index (κ1) is 19.7. The van der Waals surface area contributed by atoms with Crippen LogP contribution in [0, 0.1) is 6.92 Å². The number of para-hydroxylation sites is 1. The Hall–Kier alpha value is -3.08. The molecule has 28 heavy (non-hydrogen) atoms. The van der Waals surface area contributed by atoms with E-state index in [-0.39, 0.29) is 5.91 Å². The van der Waals surface area contributed by atoms with Gasteiger partial charge in [0.15, 0.2) is 0 Å². The number of nitrogens with zero attached hydrogens (tertiary/aromatic N) is 2. The average molecular weight is 377 g/mol. The molecule has 1 aromatic heterocycles. The van der Waals surface area contributed by atoms with Crippen molar-refractivity contribution < 1.29 is 9.53 Å². The fourth-order valence-electron chi connectivity index (χ4n) is 3.27. The summed E-state index contributed by atoms with van der Waals surface area (Å²) in [6, 6.07) is 15.4. The van der Waals surface area contributed by atoms with Gasteiger partial charge in [0.25, 0.3) is 5.91 Å². The number of aromatic nitrogens is 1. The number of rotatable bonds is 8. The number of carbonyl (C=O) groups excluding carboxylic acids is 1. The van der Waals surface area contributed by atoms with Crippen LogP contribution in [0.5, 0.6) is 5.75 Å². The molecule has 1 heterocycles. The highest BCUT2D eigenvalue weighted by atomic mass is 16.5. The molecule has 0 unspecified atom stereocenters. The molecule has 0 saturated heterocycles. The fraction of sp³-hybridized carbons (Fsp3) is 0.304. The number of ether oxygens (including phenoxy) is 1. The number of amides is 1. The Morgan fingerprint density at radius 2 is 1.86 bits per heavy atom. The van der Waals surface area contributed by atoms with E-state index in [1.807, 2.05) is 12.1 Å². The molecule has 5 heteroatoms. The van der Waals surface area contributed by atoms with Crippen LogP contribution < -0.4 is 10.2 Å². The van der Waals surface area contributed by atoms with Gasteiger partial charge in [0.05, 0.1) is 12.8 Å². The lowest BCUT2D eigenvalue weighted by atomic mass is 10.1. The number of fused-ring (bicyclic) bond motifs is 1. The molecule has 0 bridgehead atoms. The summed E-state index contributed by atoms with van der Waals surface area (Å²) in [6.07, 6.45) is 3.75. The molecule has 1 N–H and O–H groups in total. The van der Waals surface area contributed by atoms with Crippen molar-refractivity contribution in [2.75, 3.05) is 6.61 Å². The van der Waals surface area contributed by atoms with E-state index in [2.05, 4.69) is 48.0 Å². The Labute approximate surface area is 166 Å². The van der Waals surface area contributed by atoms with Gasteiger partial charge in [-0.2, -0.15) is 5.10 Å². The lowest BCUT2D eigenvalue weighted by molar-refractivity contribution is 0.0955. The third-order valence-corrected chi connectivity index (χ3v) is 4.68. The highest BCUT2D eigenvalue weighted by molar-refractivity contribution is 6.02. The molecule has 3 aromatic rings. The highest BCUT2D eigenvalue weighted by Gasteiger charge is 2.12. The lowest BCUT2D eigenvalue weighted by Crippen LogP contribution is -2.17. The predicted octanol–water partition coefficient (Wildman–Crippen LogP) is 4.91. The Kier molecular flexibility index (Phi) is 6.48. The van der Waals surface area contributed by atoms with Gasteiger partial charge in [-0.25, -0.2) is 5.43 Å². The molecule has 0 spiro atoms. The molecule has 3 rings (SSSR count). The predicted molar refractivity (Wildman–Crippen MR) is 114 cm³/mol. The van der Waals surface area contributed by atoms with Gasteiger partial charge in [0.2, 0.25) is 0 Å². The normalized spacial score (nSPS) is 11.2. The fourth-order valence-corrected chi connectivity index (χ4v) is 3.27. The topological polar surface area (TPSA) is 55.6 Å². The minimum Gasteiger partial charge on any atom is -0.494 e. The van der Waals surface area contributed by atoms with E-state index < -0.39 is 0 Å². The zero-order chi connectivity index (χ0) is 19.9. The van der Waals surface area contributed by atoms with Crippen molar-refractivity contribution in [3.63, 3.8) is 0 Å². The Balaban J connectivity index is 1.74. The van der Waals surface area contributed by atoms with Crippen molar-refractivity contribution >= 4 is 23.0 Å². The van der Waals surface area contributed by atoms with Crippen LogP contribution in [-0.4, -0.2) is 23.3 Å². The molecular formula is C23H27N3O2. The average Bonchev–Trinajstić information content (AvgIpc) is 2.99. The van der Waals surface area contributed by atoms with Gasteiger partial charge >= 0.3 is 0 Å². The molecule has 0 aliphatic carbocycles. The van der Waals surface area contributed by atoms with Gasteiger partial charge in [-0.3, -0.25) is 4.79 Å². The minimum absolute atomic E-state index is 0.242. The van der Waals surface area contributed by atoms with E-state index in [1.54, 1.807) is 30.5 Å². The number of hydrazone groups is 1. The third-order valence-electron chi connectivity index (χ3n) is 4.68. The van der Waals surface area contributed by atoms with Crippen LogP contribution in [0.1, 0.15) is 48.3 Å². The maximum atomic E-state index is 12.3. The summed E-state index contributed by atoms with van der Waals surface area (Å²) < 4.78 is 7.84. The number of aryl methyl sites for hydroxylation is 1. The van der Waals surface area contributed by atoms with E-state index >= 15 is 0 Å². The van der Waals surface area contributed by atoms with Gasteiger partial charge in [0.1, 0.15) is 5.75 Å². The van der Waals surface area contributed by atoms with Crippen molar-refractivity contribution in [3.8, 4) is 5.75 Å². The van der Waals surface area contributed by atoms with E-state index in [4.69, 9.17) is 4.74 Å². The van der Waals surface area contributed by atoms with Crippen LogP contribution in [0.15, 0.2) is 53.6 Å². The zero-order valence-electron chi connectivity index (χ0n) is 16.7. The van der Waals surface area contributed by atoms with Crippen molar-refractivity contribution in [1.82, 2.24) is 9.99 Å². The Bertz CT molecular complexity index is 971. The van der Waals surface area contributed by atoms with Crippen molar-refractivity contribution in [2.24, 2.45) is 5.10 Å². The maximum absolute atomic E-state index is 12.3. The Morgan fingerprint density at radius 1 is 1.11 bits per heavy atom. The van der Waals surface area contributed by atoms with Crippen LogP contribution in [0.2, 0.25) is 0 Å². The summed E-state index contributed by atoms with van der Waals surface area (Å²) in [4.78, 5) is 12.3. The third kappa shape index (κ3) is 4.25. The van der Waals surface area contributed by atoms with Crippen LogP contribution in [0.3, 0.4) is 0 Å². The molecule has 0 fully saturated rings. The Morgan fingerprint density at radius 3 is 2.57 bits per heavy atom. The highest BCUT2D eigenvalue weighted by Crippen LogP contribution is 2.24. The van der Waals surface area contributed by atoms with Crippen LogP contribution in [-0.2, 0) is 6.54 Å². The molecular weight excluding hydrogens is 350 g/mol. The number of carbonyl (C=O) groups is 1. The first-order chi connectivity index (χ1) is 13.7. The number of benzene rings is 2. The quantitative estimate of drug-likeness (QED) is 0.448. The summed E-state index contributed by atoms with van der Waals surface area (Å²) in [6.45, 7) is 7.94. The summed E-state index contributed by atoms with van der Waals surface area (Å²) in [5.41, 5.74) is 6.55. The molecule has 1 amide bonds.